The standard InChI is InChI=1S/C10H11Cl3OS/c1-5-6(2-3-14-5)9(12)7-4-8(11)15-10(7)13/h4-6,9H,2-3H2,1H3. The van der Waals surface area contributed by atoms with Gasteiger partial charge in [0.2, 0.25) is 0 Å². The fraction of sp³-hybridized carbons (Fsp3) is 0.600. The van der Waals surface area contributed by atoms with Crippen LogP contribution in [0, 0.1) is 5.92 Å². The lowest BCUT2D eigenvalue weighted by molar-refractivity contribution is 0.105. The van der Waals surface area contributed by atoms with Gasteiger partial charge >= 0.3 is 0 Å². The zero-order valence-corrected chi connectivity index (χ0v) is 11.3. The third kappa shape index (κ3) is 2.45. The third-order valence-corrected chi connectivity index (χ3v) is 4.87. The van der Waals surface area contributed by atoms with Gasteiger partial charge < -0.3 is 4.74 Å². The predicted molar refractivity (Wildman–Crippen MR) is 66.5 cm³/mol. The summed E-state index contributed by atoms with van der Waals surface area (Å²) >= 11 is 19.7. The quantitative estimate of drug-likeness (QED) is 0.712. The summed E-state index contributed by atoms with van der Waals surface area (Å²) in [6.45, 7) is 2.83. The van der Waals surface area contributed by atoms with E-state index >= 15 is 0 Å². The van der Waals surface area contributed by atoms with Crippen molar-refractivity contribution in [3.8, 4) is 0 Å². The topological polar surface area (TPSA) is 9.23 Å². The number of ether oxygens (including phenoxy) is 1. The van der Waals surface area contributed by atoms with Crippen molar-refractivity contribution in [2.45, 2.75) is 24.8 Å². The minimum atomic E-state index is -0.0984. The lowest BCUT2D eigenvalue weighted by Crippen LogP contribution is -2.16. The van der Waals surface area contributed by atoms with Crippen LogP contribution in [0.2, 0.25) is 8.67 Å². The average Bonchev–Trinajstić information content (AvgIpc) is 2.71. The molecule has 84 valence electrons. The summed E-state index contributed by atoms with van der Waals surface area (Å²) in [4.78, 5) is 0. The van der Waals surface area contributed by atoms with Crippen LogP contribution in [0.1, 0.15) is 24.3 Å². The van der Waals surface area contributed by atoms with Gasteiger partial charge in [-0.1, -0.05) is 23.2 Å². The average molecular weight is 286 g/mol. The summed E-state index contributed by atoms with van der Waals surface area (Å²) in [6.07, 6.45) is 1.18. The summed E-state index contributed by atoms with van der Waals surface area (Å²) in [7, 11) is 0. The fourth-order valence-corrected chi connectivity index (χ4v) is 4.08. The van der Waals surface area contributed by atoms with Gasteiger partial charge in [0.25, 0.3) is 0 Å². The van der Waals surface area contributed by atoms with Crippen molar-refractivity contribution in [3.05, 3.63) is 20.3 Å². The van der Waals surface area contributed by atoms with Gasteiger partial charge in [0.05, 0.1) is 20.2 Å². The minimum absolute atomic E-state index is 0.0984. The summed E-state index contributed by atoms with van der Waals surface area (Å²) in [5.74, 6) is 0.329. The van der Waals surface area contributed by atoms with Gasteiger partial charge in [-0.3, -0.25) is 0 Å². The Morgan fingerprint density at radius 1 is 1.53 bits per heavy atom. The lowest BCUT2D eigenvalue weighted by atomic mass is 9.95. The molecule has 0 N–H and O–H groups in total. The molecule has 0 spiro atoms. The summed E-state index contributed by atoms with van der Waals surface area (Å²) in [5, 5.41) is -0.0984. The smallest absolute Gasteiger partial charge is 0.0991 e. The van der Waals surface area contributed by atoms with Crippen molar-refractivity contribution >= 4 is 46.1 Å². The SMILES string of the molecule is CC1OCCC1C(Cl)c1cc(Cl)sc1Cl. The van der Waals surface area contributed by atoms with Crippen LogP contribution in [0.3, 0.4) is 0 Å². The van der Waals surface area contributed by atoms with Crippen LogP contribution in [-0.4, -0.2) is 12.7 Å². The number of hydrogen-bond acceptors (Lipinski definition) is 2. The highest BCUT2D eigenvalue weighted by Gasteiger charge is 2.33. The van der Waals surface area contributed by atoms with Crippen LogP contribution in [0.25, 0.3) is 0 Å². The van der Waals surface area contributed by atoms with Crippen molar-refractivity contribution in [3.63, 3.8) is 0 Å². The molecule has 0 radical (unpaired) electrons. The monoisotopic (exact) mass is 284 g/mol. The first-order valence-electron chi connectivity index (χ1n) is 4.80. The molecular formula is C10H11Cl3OS. The van der Waals surface area contributed by atoms with Crippen LogP contribution < -0.4 is 0 Å². The number of alkyl halides is 1. The first kappa shape index (κ1) is 12.0. The van der Waals surface area contributed by atoms with Gasteiger partial charge in [0.15, 0.2) is 0 Å². The predicted octanol–water partition coefficient (Wildman–Crippen LogP) is 4.76. The van der Waals surface area contributed by atoms with E-state index in [4.69, 9.17) is 39.5 Å². The Hall–Kier alpha value is 0.530. The summed E-state index contributed by atoms with van der Waals surface area (Å²) in [6, 6.07) is 1.86. The van der Waals surface area contributed by atoms with Crippen LogP contribution >= 0.6 is 46.1 Å². The number of hydrogen-bond donors (Lipinski definition) is 0. The first-order chi connectivity index (χ1) is 7.09. The molecule has 0 amide bonds. The van der Waals surface area contributed by atoms with E-state index in [0.29, 0.717) is 14.6 Å². The van der Waals surface area contributed by atoms with Crippen LogP contribution in [0.5, 0.6) is 0 Å². The molecule has 1 fully saturated rings. The van der Waals surface area contributed by atoms with E-state index in [2.05, 4.69) is 6.92 Å². The molecule has 2 rings (SSSR count). The van der Waals surface area contributed by atoms with E-state index < -0.39 is 0 Å². The molecule has 1 aliphatic heterocycles. The van der Waals surface area contributed by atoms with Gasteiger partial charge in [-0.15, -0.1) is 22.9 Å². The Kier molecular flexibility index (Phi) is 3.84. The molecule has 1 saturated heterocycles. The Morgan fingerprint density at radius 2 is 2.27 bits per heavy atom. The zero-order valence-electron chi connectivity index (χ0n) is 8.17. The van der Waals surface area contributed by atoms with Crippen molar-refractivity contribution in [1.82, 2.24) is 0 Å². The second kappa shape index (κ2) is 4.80. The molecule has 1 aromatic rings. The first-order valence-corrected chi connectivity index (χ1v) is 6.81. The Bertz CT molecular complexity index is 352. The van der Waals surface area contributed by atoms with E-state index in [9.17, 15) is 0 Å². The maximum Gasteiger partial charge on any atom is 0.0991 e. The normalized spacial score (nSPS) is 28.3. The van der Waals surface area contributed by atoms with E-state index in [1.165, 1.54) is 11.3 Å². The zero-order chi connectivity index (χ0) is 11.0. The van der Waals surface area contributed by atoms with Gasteiger partial charge in [0, 0.05) is 18.1 Å². The molecule has 2 heterocycles. The highest BCUT2D eigenvalue weighted by atomic mass is 35.5. The van der Waals surface area contributed by atoms with E-state index in [-0.39, 0.29) is 11.5 Å². The van der Waals surface area contributed by atoms with Gasteiger partial charge in [-0.2, -0.15) is 0 Å². The highest BCUT2D eigenvalue weighted by molar-refractivity contribution is 7.20. The Morgan fingerprint density at radius 3 is 2.73 bits per heavy atom. The van der Waals surface area contributed by atoms with Crippen molar-refractivity contribution in [1.29, 1.82) is 0 Å². The number of halogens is 3. The molecule has 0 aliphatic carbocycles. The minimum Gasteiger partial charge on any atom is -0.378 e. The largest absolute Gasteiger partial charge is 0.378 e. The highest BCUT2D eigenvalue weighted by Crippen LogP contribution is 2.44. The molecule has 15 heavy (non-hydrogen) atoms. The molecule has 3 unspecified atom stereocenters. The molecule has 1 aliphatic rings. The van der Waals surface area contributed by atoms with Crippen molar-refractivity contribution in [2.24, 2.45) is 5.92 Å². The van der Waals surface area contributed by atoms with Crippen LogP contribution in [-0.2, 0) is 4.74 Å². The molecule has 0 aromatic carbocycles. The number of rotatable bonds is 2. The Labute approximate surface area is 108 Å². The molecule has 3 atom stereocenters. The third-order valence-electron chi connectivity index (χ3n) is 2.79. The summed E-state index contributed by atoms with van der Waals surface area (Å²) < 4.78 is 6.88. The van der Waals surface area contributed by atoms with E-state index in [1.54, 1.807) is 0 Å². The lowest BCUT2D eigenvalue weighted by Gasteiger charge is -2.19. The Balaban J connectivity index is 2.19. The molecule has 1 nitrogen and oxygen atoms in total. The molecule has 0 bridgehead atoms. The molecule has 1 aromatic heterocycles. The van der Waals surface area contributed by atoms with Gasteiger partial charge in [0.1, 0.15) is 0 Å². The number of thiophene rings is 1. The molecular weight excluding hydrogens is 275 g/mol. The summed E-state index contributed by atoms with van der Waals surface area (Å²) in [5.41, 5.74) is 0.940. The van der Waals surface area contributed by atoms with Gasteiger partial charge in [-0.25, -0.2) is 0 Å². The van der Waals surface area contributed by atoms with Crippen LogP contribution in [0.15, 0.2) is 6.07 Å². The van der Waals surface area contributed by atoms with Crippen molar-refractivity contribution < 1.29 is 4.74 Å². The maximum absolute atomic E-state index is 6.41. The van der Waals surface area contributed by atoms with Crippen molar-refractivity contribution in [2.75, 3.05) is 6.61 Å². The second-order valence-corrected chi connectivity index (χ2v) is 6.47. The molecule has 0 saturated carbocycles. The van der Waals surface area contributed by atoms with E-state index in [1.807, 2.05) is 6.07 Å². The molecule has 5 heteroatoms. The van der Waals surface area contributed by atoms with Gasteiger partial charge in [-0.05, 0) is 19.4 Å². The van der Waals surface area contributed by atoms with Crippen LogP contribution in [0.4, 0.5) is 0 Å². The maximum atomic E-state index is 6.41. The van der Waals surface area contributed by atoms with E-state index in [0.717, 1.165) is 18.6 Å². The second-order valence-electron chi connectivity index (χ2n) is 3.71. The fourth-order valence-electron chi connectivity index (χ4n) is 1.90.